The summed E-state index contributed by atoms with van der Waals surface area (Å²) in [5.41, 5.74) is 0.820. The summed E-state index contributed by atoms with van der Waals surface area (Å²) in [6, 6.07) is 8.65. The molecule has 2 rings (SSSR count). The second kappa shape index (κ2) is 6.98. The van der Waals surface area contributed by atoms with E-state index in [0.29, 0.717) is 12.4 Å². The second-order valence-corrected chi connectivity index (χ2v) is 4.74. The molecule has 108 valence electrons. The van der Waals surface area contributed by atoms with Gasteiger partial charge in [-0.15, -0.1) is 0 Å². The van der Waals surface area contributed by atoms with Crippen molar-refractivity contribution in [3.05, 3.63) is 48.2 Å². The Morgan fingerprint density at radius 1 is 1.35 bits per heavy atom. The van der Waals surface area contributed by atoms with Gasteiger partial charge in [-0.3, -0.25) is 0 Å². The summed E-state index contributed by atoms with van der Waals surface area (Å²) in [6.07, 6.45) is 3.48. The van der Waals surface area contributed by atoms with E-state index in [9.17, 15) is 4.39 Å². The summed E-state index contributed by atoms with van der Waals surface area (Å²) in [7, 11) is 0. The number of benzene rings is 1. The van der Waals surface area contributed by atoms with Crippen LogP contribution in [0.2, 0.25) is 0 Å². The van der Waals surface area contributed by atoms with Gasteiger partial charge in [0.1, 0.15) is 17.3 Å². The van der Waals surface area contributed by atoms with Gasteiger partial charge in [0, 0.05) is 18.5 Å². The zero-order valence-corrected chi connectivity index (χ0v) is 11.9. The highest BCUT2D eigenvalue weighted by Gasteiger charge is 2.09. The van der Waals surface area contributed by atoms with Gasteiger partial charge >= 0.3 is 0 Å². The number of anilines is 1. The maximum absolute atomic E-state index is 13.2. The molecule has 1 atom stereocenters. The summed E-state index contributed by atoms with van der Waals surface area (Å²) < 4.78 is 24.0. The van der Waals surface area contributed by atoms with E-state index in [0.717, 1.165) is 24.3 Å². The molecule has 0 spiro atoms. The number of aryl methyl sites for hydroxylation is 1. The van der Waals surface area contributed by atoms with Crippen LogP contribution in [0.15, 0.2) is 41.0 Å². The van der Waals surface area contributed by atoms with E-state index in [1.807, 2.05) is 19.1 Å². The fourth-order valence-electron chi connectivity index (χ4n) is 2.04. The first-order valence-corrected chi connectivity index (χ1v) is 6.90. The highest BCUT2D eigenvalue weighted by atomic mass is 19.1. The monoisotopic (exact) mass is 277 g/mol. The van der Waals surface area contributed by atoms with Gasteiger partial charge < -0.3 is 14.5 Å². The van der Waals surface area contributed by atoms with Crippen LogP contribution < -0.4 is 10.1 Å². The first-order valence-electron chi connectivity index (χ1n) is 6.90. The van der Waals surface area contributed by atoms with Crippen molar-refractivity contribution in [3.63, 3.8) is 0 Å². The highest BCUT2D eigenvalue weighted by molar-refractivity contribution is 5.56. The number of ether oxygens (including phenoxy) is 1. The Morgan fingerprint density at radius 2 is 2.20 bits per heavy atom. The van der Waals surface area contributed by atoms with Crippen LogP contribution in [0.25, 0.3) is 0 Å². The molecule has 0 aliphatic carbocycles. The molecule has 0 aliphatic heterocycles. The summed E-state index contributed by atoms with van der Waals surface area (Å²) in [5, 5.41) is 3.35. The Bertz CT molecular complexity index is 525. The van der Waals surface area contributed by atoms with E-state index >= 15 is 0 Å². The van der Waals surface area contributed by atoms with Crippen molar-refractivity contribution in [2.75, 3.05) is 11.9 Å². The number of halogens is 1. The van der Waals surface area contributed by atoms with Crippen LogP contribution in [0.1, 0.15) is 26.0 Å². The number of hydrogen-bond acceptors (Lipinski definition) is 3. The zero-order chi connectivity index (χ0) is 14.4. The fraction of sp³-hybridized carbons (Fsp3) is 0.375. The quantitative estimate of drug-likeness (QED) is 0.821. The molecule has 0 saturated heterocycles. The van der Waals surface area contributed by atoms with Crippen LogP contribution in [0.3, 0.4) is 0 Å². The number of rotatable bonds is 7. The topological polar surface area (TPSA) is 34.4 Å². The first kappa shape index (κ1) is 14.4. The lowest BCUT2D eigenvalue weighted by atomic mass is 10.1. The number of nitrogens with one attached hydrogen (secondary N) is 1. The molecule has 1 aromatic carbocycles. The molecule has 3 nitrogen and oxygen atoms in total. The van der Waals surface area contributed by atoms with E-state index in [4.69, 9.17) is 9.15 Å². The van der Waals surface area contributed by atoms with Crippen molar-refractivity contribution in [2.45, 2.75) is 32.7 Å². The first-order chi connectivity index (χ1) is 9.69. The molecule has 0 radical (unpaired) electrons. The molecular weight excluding hydrogens is 257 g/mol. The molecule has 1 aromatic heterocycles. The van der Waals surface area contributed by atoms with Crippen molar-refractivity contribution in [3.8, 4) is 5.75 Å². The largest absolute Gasteiger partial charge is 0.492 e. The highest BCUT2D eigenvalue weighted by Crippen LogP contribution is 2.26. The maximum Gasteiger partial charge on any atom is 0.145 e. The van der Waals surface area contributed by atoms with Crippen LogP contribution in [0.5, 0.6) is 5.75 Å². The van der Waals surface area contributed by atoms with E-state index in [1.165, 1.54) is 12.1 Å². The van der Waals surface area contributed by atoms with Crippen molar-refractivity contribution in [2.24, 2.45) is 0 Å². The van der Waals surface area contributed by atoms with Crippen molar-refractivity contribution in [1.29, 1.82) is 0 Å². The van der Waals surface area contributed by atoms with E-state index in [1.54, 1.807) is 12.3 Å². The minimum atomic E-state index is -0.290. The lowest BCUT2D eigenvalue weighted by Gasteiger charge is -2.17. The molecule has 2 aromatic rings. The Labute approximate surface area is 118 Å². The third-order valence-corrected chi connectivity index (χ3v) is 3.05. The average Bonchev–Trinajstić information content (AvgIpc) is 2.93. The van der Waals surface area contributed by atoms with Crippen LogP contribution in [0.4, 0.5) is 10.1 Å². The van der Waals surface area contributed by atoms with Gasteiger partial charge in [-0.25, -0.2) is 4.39 Å². The average molecular weight is 277 g/mol. The zero-order valence-electron chi connectivity index (χ0n) is 11.9. The van der Waals surface area contributed by atoms with Crippen molar-refractivity contribution in [1.82, 2.24) is 0 Å². The van der Waals surface area contributed by atoms with Gasteiger partial charge in [0.25, 0.3) is 0 Å². The fourth-order valence-corrected chi connectivity index (χ4v) is 2.04. The summed E-state index contributed by atoms with van der Waals surface area (Å²) in [4.78, 5) is 0. The molecule has 4 heteroatoms. The molecule has 1 N–H and O–H groups in total. The molecule has 0 aliphatic rings. The van der Waals surface area contributed by atoms with E-state index in [-0.39, 0.29) is 11.9 Å². The SMILES string of the molecule is CCOc1cc(F)ccc1NC(C)CCc1ccco1. The minimum Gasteiger partial charge on any atom is -0.492 e. The van der Waals surface area contributed by atoms with Gasteiger partial charge in [-0.2, -0.15) is 0 Å². The van der Waals surface area contributed by atoms with Crippen LogP contribution >= 0.6 is 0 Å². The molecule has 0 fully saturated rings. The molecular formula is C16H20FNO2. The second-order valence-electron chi connectivity index (χ2n) is 4.74. The Hall–Kier alpha value is -1.97. The van der Waals surface area contributed by atoms with Crippen LogP contribution in [0, 0.1) is 5.82 Å². The van der Waals surface area contributed by atoms with Crippen molar-refractivity contribution >= 4 is 5.69 Å². The maximum atomic E-state index is 13.2. The molecule has 0 saturated carbocycles. The predicted molar refractivity (Wildman–Crippen MR) is 77.7 cm³/mol. The van der Waals surface area contributed by atoms with Crippen LogP contribution in [-0.2, 0) is 6.42 Å². The number of furan rings is 1. The Balaban J connectivity index is 1.94. The molecule has 1 unspecified atom stereocenters. The lowest BCUT2D eigenvalue weighted by Crippen LogP contribution is -2.16. The smallest absolute Gasteiger partial charge is 0.145 e. The van der Waals surface area contributed by atoms with Gasteiger partial charge in [-0.05, 0) is 44.5 Å². The minimum absolute atomic E-state index is 0.241. The van der Waals surface area contributed by atoms with Crippen molar-refractivity contribution < 1.29 is 13.5 Å². The van der Waals surface area contributed by atoms with Gasteiger partial charge in [0.05, 0.1) is 18.6 Å². The molecule has 1 heterocycles. The molecule has 0 amide bonds. The van der Waals surface area contributed by atoms with Gasteiger partial charge in [0.2, 0.25) is 0 Å². The normalized spacial score (nSPS) is 12.2. The summed E-state index contributed by atoms with van der Waals surface area (Å²) >= 11 is 0. The van der Waals surface area contributed by atoms with E-state index < -0.39 is 0 Å². The predicted octanol–water partition coefficient (Wildman–Crippen LogP) is 4.25. The third kappa shape index (κ3) is 4.02. The third-order valence-electron chi connectivity index (χ3n) is 3.05. The lowest BCUT2D eigenvalue weighted by molar-refractivity contribution is 0.339. The van der Waals surface area contributed by atoms with Crippen LogP contribution in [-0.4, -0.2) is 12.6 Å². The standard InChI is InChI=1S/C16H20FNO2/c1-3-19-16-11-13(17)7-9-15(16)18-12(2)6-8-14-5-4-10-20-14/h4-5,7,9-12,18H,3,6,8H2,1-2H3. The Morgan fingerprint density at radius 3 is 2.90 bits per heavy atom. The molecule has 20 heavy (non-hydrogen) atoms. The summed E-state index contributed by atoms with van der Waals surface area (Å²) in [6.45, 7) is 4.48. The molecule has 0 bridgehead atoms. The van der Waals surface area contributed by atoms with E-state index in [2.05, 4.69) is 12.2 Å². The number of hydrogen-bond donors (Lipinski definition) is 1. The Kier molecular flexibility index (Phi) is 5.04. The summed E-state index contributed by atoms with van der Waals surface area (Å²) in [5.74, 6) is 1.24. The van der Waals surface area contributed by atoms with Gasteiger partial charge in [-0.1, -0.05) is 0 Å². The van der Waals surface area contributed by atoms with Gasteiger partial charge in [0.15, 0.2) is 0 Å².